The van der Waals surface area contributed by atoms with Crippen molar-refractivity contribution in [1.82, 2.24) is 0 Å². The fraction of sp³-hybridized carbons (Fsp3) is 0.222. The molecule has 0 fully saturated rings. The van der Waals surface area contributed by atoms with Crippen LogP contribution >= 0.6 is 0 Å². The van der Waals surface area contributed by atoms with Crippen LogP contribution in [-0.2, 0) is 19.1 Å². The van der Waals surface area contributed by atoms with E-state index in [9.17, 15) is 14.4 Å². The van der Waals surface area contributed by atoms with E-state index < -0.39 is 18.5 Å². The van der Waals surface area contributed by atoms with E-state index in [4.69, 9.17) is 23.7 Å². The minimum atomic E-state index is -0.674. The monoisotopic (exact) mass is 508 g/mol. The number of methoxy groups -OCH3 is 3. The van der Waals surface area contributed by atoms with Gasteiger partial charge < -0.3 is 34.3 Å². The third-order valence-corrected chi connectivity index (χ3v) is 5.04. The lowest BCUT2D eigenvalue weighted by atomic mass is 10.2. The quantitative estimate of drug-likeness (QED) is 0.345. The van der Waals surface area contributed by atoms with Gasteiger partial charge in [-0.3, -0.25) is 14.4 Å². The number of carbonyl (C=O) groups excluding carboxylic acids is 3. The maximum absolute atomic E-state index is 12.2. The van der Waals surface area contributed by atoms with Crippen LogP contribution in [0.15, 0.2) is 66.7 Å². The van der Waals surface area contributed by atoms with Crippen molar-refractivity contribution in [2.24, 2.45) is 0 Å². The molecule has 3 aromatic rings. The summed E-state index contributed by atoms with van der Waals surface area (Å²) in [5.74, 6) is 1.11. The third kappa shape index (κ3) is 8.17. The smallest absolute Gasteiger partial charge is 0.306 e. The summed E-state index contributed by atoms with van der Waals surface area (Å²) in [6.07, 6.45) is -0.286. The normalized spacial score (nSPS) is 10.1. The van der Waals surface area contributed by atoms with Crippen LogP contribution in [0.2, 0.25) is 0 Å². The van der Waals surface area contributed by atoms with Gasteiger partial charge in [-0.15, -0.1) is 0 Å². The highest BCUT2D eigenvalue weighted by Crippen LogP contribution is 2.31. The van der Waals surface area contributed by atoms with Crippen LogP contribution in [0.5, 0.6) is 28.7 Å². The number of hydrogen-bond acceptors (Lipinski definition) is 8. The second-order valence-electron chi connectivity index (χ2n) is 7.60. The predicted molar refractivity (Wildman–Crippen MR) is 137 cm³/mol. The minimum Gasteiger partial charge on any atom is -0.497 e. The van der Waals surface area contributed by atoms with Crippen molar-refractivity contribution in [3.63, 3.8) is 0 Å². The summed E-state index contributed by atoms with van der Waals surface area (Å²) in [5.41, 5.74) is 0.946. The molecule has 37 heavy (non-hydrogen) atoms. The first kappa shape index (κ1) is 26.9. The van der Waals surface area contributed by atoms with Crippen LogP contribution in [0, 0.1) is 0 Å². The van der Waals surface area contributed by atoms with Gasteiger partial charge in [0.1, 0.15) is 17.2 Å². The molecular weight excluding hydrogens is 480 g/mol. The Kier molecular flexibility index (Phi) is 9.72. The van der Waals surface area contributed by atoms with Gasteiger partial charge in [0.15, 0.2) is 18.1 Å². The molecule has 10 heteroatoms. The fourth-order valence-corrected chi connectivity index (χ4v) is 3.18. The number of nitrogens with one attached hydrogen (secondary N) is 2. The molecular formula is C27H28N2O8. The summed E-state index contributed by atoms with van der Waals surface area (Å²) in [7, 11) is 4.54. The van der Waals surface area contributed by atoms with E-state index in [1.807, 2.05) is 12.1 Å². The van der Waals surface area contributed by atoms with E-state index in [1.165, 1.54) is 14.2 Å². The van der Waals surface area contributed by atoms with Crippen LogP contribution in [0.3, 0.4) is 0 Å². The number of esters is 1. The highest BCUT2D eigenvalue weighted by molar-refractivity contribution is 5.95. The Labute approximate surface area is 214 Å². The SMILES string of the molecule is COc1ccc(NC(=O)COC(=O)CCC(=O)Nc2ccc(Oc3ccccc3OC)cc2)c(OC)c1. The molecule has 0 heterocycles. The van der Waals surface area contributed by atoms with E-state index in [0.29, 0.717) is 40.1 Å². The molecule has 3 aromatic carbocycles. The highest BCUT2D eigenvalue weighted by atomic mass is 16.5. The first-order valence-corrected chi connectivity index (χ1v) is 11.3. The molecule has 0 saturated carbocycles. The van der Waals surface area contributed by atoms with Gasteiger partial charge in [-0.05, 0) is 48.5 Å². The Morgan fingerprint density at radius 2 is 1.35 bits per heavy atom. The van der Waals surface area contributed by atoms with E-state index in [0.717, 1.165) is 0 Å². The Morgan fingerprint density at radius 1 is 0.676 bits per heavy atom. The van der Waals surface area contributed by atoms with Crippen LogP contribution in [0.25, 0.3) is 0 Å². The Balaban J connectivity index is 1.40. The summed E-state index contributed by atoms with van der Waals surface area (Å²) < 4.78 is 26.3. The van der Waals surface area contributed by atoms with Crippen LogP contribution in [-0.4, -0.2) is 45.7 Å². The van der Waals surface area contributed by atoms with Crippen molar-refractivity contribution < 1.29 is 38.1 Å². The molecule has 2 amide bonds. The van der Waals surface area contributed by atoms with Gasteiger partial charge in [0, 0.05) is 18.2 Å². The molecule has 10 nitrogen and oxygen atoms in total. The second-order valence-corrected chi connectivity index (χ2v) is 7.60. The molecule has 0 saturated heterocycles. The first-order valence-electron chi connectivity index (χ1n) is 11.3. The molecule has 0 radical (unpaired) electrons. The van der Waals surface area contributed by atoms with E-state index in [1.54, 1.807) is 61.7 Å². The van der Waals surface area contributed by atoms with Crippen LogP contribution in [0.4, 0.5) is 11.4 Å². The average Bonchev–Trinajstić information content (AvgIpc) is 2.92. The number of benzene rings is 3. The number of anilines is 2. The summed E-state index contributed by atoms with van der Waals surface area (Å²) >= 11 is 0. The molecule has 0 aliphatic carbocycles. The molecule has 2 N–H and O–H groups in total. The lowest BCUT2D eigenvalue weighted by molar-refractivity contribution is -0.147. The van der Waals surface area contributed by atoms with E-state index >= 15 is 0 Å². The van der Waals surface area contributed by atoms with E-state index in [2.05, 4.69) is 10.6 Å². The summed E-state index contributed by atoms with van der Waals surface area (Å²) in [6, 6.07) is 18.9. The molecule has 0 aromatic heterocycles. The zero-order valence-corrected chi connectivity index (χ0v) is 20.7. The highest BCUT2D eigenvalue weighted by Gasteiger charge is 2.13. The van der Waals surface area contributed by atoms with E-state index in [-0.39, 0.29) is 18.7 Å². The molecule has 0 aliphatic heterocycles. The number of hydrogen-bond donors (Lipinski definition) is 2. The van der Waals surface area contributed by atoms with Gasteiger partial charge >= 0.3 is 5.97 Å². The number of para-hydroxylation sites is 2. The Bertz CT molecular complexity index is 1230. The van der Waals surface area contributed by atoms with Gasteiger partial charge in [0.05, 0.1) is 33.4 Å². The lowest BCUT2D eigenvalue weighted by Gasteiger charge is -2.12. The molecule has 0 unspecified atom stereocenters. The number of carbonyl (C=O) groups is 3. The minimum absolute atomic E-state index is 0.105. The molecule has 3 rings (SSSR count). The third-order valence-electron chi connectivity index (χ3n) is 5.04. The topological polar surface area (TPSA) is 121 Å². The first-order chi connectivity index (χ1) is 17.9. The van der Waals surface area contributed by atoms with Crippen molar-refractivity contribution in [2.75, 3.05) is 38.6 Å². The summed E-state index contributed by atoms with van der Waals surface area (Å²) in [5, 5.41) is 5.30. The Morgan fingerprint density at radius 3 is 2.03 bits per heavy atom. The summed E-state index contributed by atoms with van der Waals surface area (Å²) in [4.78, 5) is 36.3. The van der Waals surface area contributed by atoms with Crippen molar-refractivity contribution in [3.8, 4) is 28.7 Å². The van der Waals surface area contributed by atoms with Crippen molar-refractivity contribution in [3.05, 3.63) is 66.7 Å². The zero-order valence-electron chi connectivity index (χ0n) is 20.7. The largest absolute Gasteiger partial charge is 0.497 e. The number of amides is 2. The number of ether oxygens (including phenoxy) is 5. The van der Waals surface area contributed by atoms with Crippen LogP contribution < -0.4 is 29.6 Å². The van der Waals surface area contributed by atoms with Crippen molar-refractivity contribution in [1.29, 1.82) is 0 Å². The summed E-state index contributed by atoms with van der Waals surface area (Å²) in [6.45, 7) is -0.497. The lowest BCUT2D eigenvalue weighted by Crippen LogP contribution is -2.22. The van der Waals surface area contributed by atoms with Gasteiger partial charge in [-0.25, -0.2) is 0 Å². The Hall–Kier alpha value is -4.73. The second kappa shape index (κ2) is 13.4. The van der Waals surface area contributed by atoms with Crippen molar-refractivity contribution >= 4 is 29.2 Å². The van der Waals surface area contributed by atoms with Gasteiger partial charge in [0.2, 0.25) is 5.91 Å². The van der Waals surface area contributed by atoms with Gasteiger partial charge in [0.25, 0.3) is 5.91 Å². The maximum Gasteiger partial charge on any atom is 0.306 e. The standard InChI is InChI=1S/C27H28N2O8/c1-33-20-12-13-21(24(16-20)35-3)29-26(31)17-36-27(32)15-14-25(30)28-18-8-10-19(11-9-18)37-23-7-5-4-6-22(23)34-2/h4-13,16H,14-15,17H2,1-3H3,(H,28,30)(H,29,31). The molecule has 0 atom stereocenters. The fourth-order valence-electron chi connectivity index (χ4n) is 3.18. The molecule has 0 aliphatic rings. The van der Waals surface area contributed by atoms with Gasteiger partial charge in [-0.1, -0.05) is 12.1 Å². The number of rotatable bonds is 12. The van der Waals surface area contributed by atoms with Crippen molar-refractivity contribution in [2.45, 2.75) is 12.8 Å². The molecule has 0 spiro atoms. The van der Waals surface area contributed by atoms with Gasteiger partial charge in [-0.2, -0.15) is 0 Å². The molecule has 0 bridgehead atoms. The predicted octanol–water partition coefficient (Wildman–Crippen LogP) is 4.41. The average molecular weight is 509 g/mol. The molecule has 194 valence electrons. The maximum atomic E-state index is 12.2. The van der Waals surface area contributed by atoms with Crippen LogP contribution in [0.1, 0.15) is 12.8 Å². The zero-order chi connectivity index (χ0) is 26.6.